The topological polar surface area (TPSA) is 184 Å². The van der Waals surface area contributed by atoms with Crippen LogP contribution in [0.3, 0.4) is 0 Å². The lowest BCUT2D eigenvalue weighted by atomic mass is 9.85. The summed E-state index contributed by atoms with van der Waals surface area (Å²) in [7, 11) is 0. The van der Waals surface area contributed by atoms with Crippen molar-refractivity contribution >= 4 is 41.7 Å². The number of ether oxygens (including phenoxy) is 5. The first-order valence-electron chi connectivity index (χ1n) is 19.6. The minimum absolute atomic E-state index is 0.0402. The van der Waals surface area contributed by atoms with Crippen molar-refractivity contribution in [3.8, 4) is 5.75 Å². The molecule has 14 nitrogen and oxygen atoms in total. The van der Waals surface area contributed by atoms with Gasteiger partial charge in [0.2, 0.25) is 11.8 Å². The van der Waals surface area contributed by atoms with Crippen LogP contribution in [0.2, 0.25) is 0 Å². The summed E-state index contributed by atoms with van der Waals surface area (Å²) in [5.74, 6) is -7.44. The molecule has 3 aliphatic heterocycles. The van der Waals surface area contributed by atoms with Crippen molar-refractivity contribution in [2.24, 2.45) is 23.7 Å². The van der Waals surface area contributed by atoms with E-state index in [0.717, 1.165) is 10.5 Å². The second kappa shape index (κ2) is 19.1. The van der Waals surface area contributed by atoms with Crippen LogP contribution in [0.4, 0.5) is 4.79 Å². The fraction of sp³-hybridized carbons (Fsp3) is 0.348. The summed E-state index contributed by atoms with van der Waals surface area (Å²) < 4.78 is 28.9. The van der Waals surface area contributed by atoms with Crippen molar-refractivity contribution in [2.45, 2.75) is 50.8 Å². The average Bonchev–Trinajstić information content (AvgIpc) is 3.87. The van der Waals surface area contributed by atoms with Gasteiger partial charge < -0.3 is 34.1 Å². The van der Waals surface area contributed by atoms with Gasteiger partial charge in [-0.15, -0.1) is 6.58 Å². The number of nitrogens with zero attached hydrogens (tertiary/aromatic N) is 1. The highest BCUT2D eigenvalue weighted by Crippen LogP contribution is 2.43. The second-order valence-electron chi connectivity index (χ2n) is 15.5. The summed E-state index contributed by atoms with van der Waals surface area (Å²) in [4.78, 5) is 80.2. The van der Waals surface area contributed by atoms with Crippen molar-refractivity contribution < 1.29 is 57.6 Å². The second-order valence-corrected chi connectivity index (χ2v) is 15.5. The van der Waals surface area contributed by atoms with Crippen LogP contribution < -0.4 is 10.1 Å². The van der Waals surface area contributed by atoms with Gasteiger partial charge in [-0.3, -0.25) is 28.9 Å². The Hall–Kier alpha value is -6.38. The molecule has 314 valence electrons. The maximum absolute atomic E-state index is 13.9. The lowest BCUT2D eigenvalue weighted by Gasteiger charge is -2.21. The normalized spacial score (nSPS) is 25.0. The highest BCUT2D eigenvalue weighted by Gasteiger charge is 2.59. The number of carbonyl (C=O) groups is 6. The molecule has 3 saturated heterocycles. The van der Waals surface area contributed by atoms with Gasteiger partial charge in [-0.05, 0) is 38.5 Å². The number of benzene rings is 3. The largest absolute Gasteiger partial charge is 0.492 e. The van der Waals surface area contributed by atoms with Crippen LogP contribution in [0, 0.1) is 23.7 Å². The molecule has 3 fully saturated rings. The van der Waals surface area contributed by atoms with E-state index in [1.54, 1.807) is 81.5 Å². The molecule has 8 unspecified atom stereocenters. The Morgan fingerprint density at radius 2 is 1.40 bits per heavy atom. The van der Waals surface area contributed by atoms with Gasteiger partial charge in [0.25, 0.3) is 0 Å². The van der Waals surface area contributed by atoms with E-state index in [0.29, 0.717) is 16.9 Å². The van der Waals surface area contributed by atoms with Crippen LogP contribution in [-0.4, -0.2) is 102 Å². The number of carbonyl (C=O) groups excluding carboxylic acids is 5. The smallest absolute Gasteiger partial charge is 0.407 e. The SMILES string of the molecule is C=CC1OC(/C=C\C2OC(/C=C\c3ccccc3)C(C(=O)O)C2C(=O)OCCNC(=O)OC(C)(C)C)C2C(=O)N(CCOc3cccc(C(=O)c4ccccc4)c3)C(=O)C12. The molecule has 0 radical (unpaired) electrons. The Morgan fingerprint density at radius 1 is 0.783 bits per heavy atom. The average molecular weight is 821 g/mol. The molecule has 0 saturated carbocycles. The maximum atomic E-state index is 13.9. The highest BCUT2D eigenvalue weighted by atomic mass is 16.6. The summed E-state index contributed by atoms with van der Waals surface area (Å²) in [5, 5.41) is 12.9. The highest BCUT2D eigenvalue weighted by molar-refractivity contribution is 6.09. The van der Waals surface area contributed by atoms with Crippen molar-refractivity contribution in [1.82, 2.24) is 10.2 Å². The van der Waals surface area contributed by atoms with E-state index in [2.05, 4.69) is 11.9 Å². The standard InChI is InChI=1S/C46H48N2O12/c1-5-32-36-37(42(51)48(41(36)50)24-26-56-31-18-12-17-30(27-31)40(49)29-15-10-7-11-16-29)33(58-32)21-22-35-39(44(54)57-25-23-47-45(55)60-46(2,3)4)38(43(52)53)34(59-35)20-19-28-13-8-6-9-14-28/h5-22,27,32-39H,1,23-26H2,2-4H3,(H,47,55)(H,52,53)/b20-19-,22-21-. The third-order valence-corrected chi connectivity index (χ3v) is 10.2. The molecule has 0 aliphatic carbocycles. The monoisotopic (exact) mass is 820 g/mol. The van der Waals surface area contributed by atoms with Crippen molar-refractivity contribution in [3.63, 3.8) is 0 Å². The molecule has 2 N–H and O–H groups in total. The Morgan fingerprint density at radius 3 is 2.07 bits per heavy atom. The Bertz CT molecular complexity index is 2130. The lowest BCUT2D eigenvalue weighted by Crippen LogP contribution is -2.38. The number of carboxylic acid groups (broad SMARTS) is 1. The number of hydrogen-bond donors (Lipinski definition) is 2. The molecule has 3 heterocycles. The molecule has 6 rings (SSSR count). The molecule has 0 bridgehead atoms. The van der Waals surface area contributed by atoms with Crippen LogP contribution >= 0.6 is 0 Å². The van der Waals surface area contributed by atoms with Gasteiger partial charge in [-0.2, -0.15) is 0 Å². The molecule has 3 amide bonds. The van der Waals surface area contributed by atoms with Gasteiger partial charge in [0.15, 0.2) is 5.78 Å². The summed E-state index contributed by atoms with van der Waals surface area (Å²) in [6, 6.07) is 24.6. The molecule has 3 aromatic rings. The fourth-order valence-electron chi connectivity index (χ4n) is 7.51. The van der Waals surface area contributed by atoms with Crippen molar-refractivity contribution in [2.75, 3.05) is 26.3 Å². The number of carboxylic acids is 1. The number of aliphatic carboxylic acids is 1. The van der Waals surface area contributed by atoms with E-state index in [1.807, 2.05) is 36.4 Å². The van der Waals surface area contributed by atoms with E-state index < -0.39 is 83.5 Å². The lowest BCUT2D eigenvalue weighted by molar-refractivity contribution is -0.156. The summed E-state index contributed by atoms with van der Waals surface area (Å²) >= 11 is 0. The summed E-state index contributed by atoms with van der Waals surface area (Å²) in [6.45, 7) is 8.45. The molecule has 0 spiro atoms. The first-order valence-corrected chi connectivity index (χ1v) is 19.6. The van der Waals surface area contributed by atoms with Gasteiger partial charge >= 0.3 is 18.0 Å². The van der Waals surface area contributed by atoms with E-state index in [1.165, 1.54) is 18.2 Å². The number of alkyl carbamates (subject to hydrolysis) is 1. The van der Waals surface area contributed by atoms with Crippen molar-refractivity contribution in [1.29, 1.82) is 0 Å². The first kappa shape index (κ1) is 43.2. The third kappa shape index (κ3) is 10.2. The first-order chi connectivity index (χ1) is 28.8. The van der Waals surface area contributed by atoms with Gasteiger partial charge in [-0.1, -0.05) is 103 Å². The molecule has 8 atom stereocenters. The summed E-state index contributed by atoms with van der Waals surface area (Å²) in [5.41, 5.74) is 0.991. The predicted molar refractivity (Wildman–Crippen MR) is 217 cm³/mol. The number of imide groups is 1. The maximum Gasteiger partial charge on any atom is 0.407 e. The Labute approximate surface area is 347 Å². The number of amides is 3. The number of ketones is 1. The minimum Gasteiger partial charge on any atom is -0.492 e. The van der Waals surface area contributed by atoms with Gasteiger partial charge in [-0.25, -0.2) is 4.79 Å². The zero-order valence-electron chi connectivity index (χ0n) is 33.5. The number of esters is 1. The van der Waals surface area contributed by atoms with Gasteiger partial charge in [0.1, 0.15) is 36.4 Å². The predicted octanol–water partition coefficient (Wildman–Crippen LogP) is 5.27. The number of fused-ring (bicyclic) bond motifs is 1. The molecule has 3 aliphatic rings. The van der Waals surface area contributed by atoms with Crippen LogP contribution in [-0.2, 0) is 38.1 Å². The number of likely N-dealkylation sites (tertiary alicyclic amines) is 1. The van der Waals surface area contributed by atoms with Crippen molar-refractivity contribution in [3.05, 3.63) is 133 Å². The van der Waals surface area contributed by atoms with Crippen LogP contribution in [0.15, 0.2) is 116 Å². The summed E-state index contributed by atoms with van der Waals surface area (Å²) in [6.07, 6.45) is 3.01. The molecular weight excluding hydrogens is 773 g/mol. The van der Waals surface area contributed by atoms with E-state index >= 15 is 0 Å². The van der Waals surface area contributed by atoms with E-state index in [-0.39, 0.29) is 32.1 Å². The molecular formula is C46H48N2O12. The van der Waals surface area contributed by atoms with E-state index in [4.69, 9.17) is 23.7 Å². The molecule has 3 aromatic carbocycles. The third-order valence-electron chi connectivity index (χ3n) is 10.2. The molecule has 14 heteroatoms. The minimum atomic E-state index is -1.37. The quantitative estimate of drug-likeness (QED) is 0.0629. The number of nitrogens with one attached hydrogen (secondary N) is 1. The van der Waals surface area contributed by atoms with Crippen LogP contribution in [0.5, 0.6) is 5.75 Å². The Kier molecular flexibility index (Phi) is 13.8. The van der Waals surface area contributed by atoms with Gasteiger partial charge in [0.05, 0.1) is 49.3 Å². The number of rotatable bonds is 16. The van der Waals surface area contributed by atoms with E-state index in [9.17, 15) is 33.9 Å². The number of hydrogen-bond acceptors (Lipinski definition) is 11. The van der Waals surface area contributed by atoms with Crippen LogP contribution in [0.1, 0.15) is 42.3 Å². The Balaban J connectivity index is 1.15. The van der Waals surface area contributed by atoms with Crippen LogP contribution in [0.25, 0.3) is 6.08 Å². The fourth-order valence-corrected chi connectivity index (χ4v) is 7.51. The van der Waals surface area contributed by atoms with Gasteiger partial charge in [0, 0.05) is 11.1 Å². The molecule has 60 heavy (non-hydrogen) atoms. The molecule has 0 aromatic heterocycles. The zero-order chi connectivity index (χ0) is 43.0. The zero-order valence-corrected chi connectivity index (χ0v) is 33.5.